The molecule has 0 fully saturated rings. The number of para-hydroxylation sites is 1. The van der Waals surface area contributed by atoms with Gasteiger partial charge in [0.1, 0.15) is 14.1 Å². The quantitative estimate of drug-likeness (QED) is 0.713. The highest BCUT2D eigenvalue weighted by atomic mass is 16.4. The maximum Gasteiger partial charge on any atom is 0.538 e. The van der Waals surface area contributed by atoms with Crippen LogP contribution in [0.4, 0.5) is 10.5 Å². The second-order valence-electron chi connectivity index (χ2n) is 4.18. The van der Waals surface area contributed by atoms with E-state index in [4.69, 9.17) is 5.11 Å². The third-order valence-corrected chi connectivity index (χ3v) is 2.93. The summed E-state index contributed by atoms with van der Waals surface area (Å²) in [5, 5.41) is 11.1. The fourth-order valence-corrected chi connectivity index (χ4v) is 1.94. The zero-order valence-corrected chi connectivity index (χ0v) is 8.97. The Morgan fingerprint density at radius 2 is 2.07 bits per heavy atom. The van der Waals surface area contributed by atoms with E-state index >= 15 is 0 Å². The first kappa shape index (κ1) is 9.98. The molecule has 1 aliphatic rings. The van der Waals surface area contributed by atoms with Crippen molar-refractivity contribution in [3.8, 4) is 0 Å². The lowest BCUT2D eigenvalue weighted by atomic mass is 10.2. The normalized spacial score (nSPS) is 15.2. The van der Waals surface area contributed by atoms with E-state index in [0.29, 0.717) is 0 Å². The average molecular weight is 207 g/mol. The van der Waals surface area contributed by atoms with Crippen LogP contribution in [0, 0.1) is 0 Å². The van der Waals surface area contributed by atoms with Crippen LogP contribution < -0.4 is 5.01 Å². The van der Waals surface area contributed by atoms with Crippen LogP contribution in [0.15, 0.2) is 24.3 Å². The lowest BCUT2D eigenvalue weighted by Crippen LogP contribution is -2.57. The first-order chi connectivity index (χ1) is 7.03. The molecule has 0 atom stereocenters. The third kappa shape index (κ3) is 1.47. The number of carbonyl (C=O) groups is 1. The fourth-order valence-electron chi connectivity index (χ4n) is 1.94. The average Bonchev–Trinajstić information content (AvgIpc) is 2.61. The molecule has 0 radical (unpaired) electrons. The van der Waals surface area contributed by atoms with E-state index < -0.39 is 6.09 Å². The number of anilines is 1. The molecule has 0 bridgehead atoms. The molecule has 1 aromatic carbocycles. The first-order valence-corrected chi connectivity index (χ1v) is 4.97. The van der Waals surface area contributed by atoms with Gasteiger partial charge < -0.3 is 5.11 Å². The molecule has 0 saturated carbocycles. The molecule has 80 valence electrons. The molecule has 1 aliphatic heterocycles. The Labute approximate surface area is 88.9 Å². The highest BCUT2D eigenvalue weighted by molar-refractivity contribution is 5.62. The third-order valence-electron chi connectivity index (χ3n) is 2.93. The van der Waals surface area contributed by atoms with Crippen LogP contribution >= 0.6 is 0 Å². The van der Waals surface area contributed by atoms with Crippen LogP contribution in [0.1, 0.15) is 5.56 Å². The van der Waals surface area contributed by atoms with Crippen LogP contribution in [-0.2, 0) is 6.42 Å². The Bertz CT molecular complexity index is 401. The molecular formula is C11H15N2O2+. The maximum atomic E-state index is 11.1. The van der Waals surface area contributed by atoms with Gasteiger partial charge in [0, 0.05) is 0 Å². The van der Waals surface area contributed by atoms with Crippen molar-refractivity contribution in [3.05, 3.63) is 29.8 Å². The number of hydrogen-bond acceptors (Lipinski definition) is 2. The second-order valence-corrected chi connectivity index (χ2v) is 4.18. The van der Waals surface area contributed by atoms with E-state index in [9.17, 15) is 4.79 Å². The van der Waals surface area contributed by atoms with E-state index in [0.717, 1.165) is 18.7 Å². The Balaban J connectivity index is 2.39. The van der Waals surface area contributed by atoms with Crippen molar-refractivity contribution < 1.29 is 14.5 Å². The summed E-state index contributed by atoms with van der Waals surface area (Å²) >= 11 is 0. The lowest BCUT2D eigenvalue weighted by Gasteiger charge is -2.33. The Morgan fingerprint density at radius 1 is 1.40 bits per heavy atom. The van der Waals surface area contributed by atoms with Crippen LogP contribution in [0.25, 0.3) is 0 Å². The predicted molar refractivity (Wildman–Crippen MR) is 57.6 cm³/mol. The van der Waals surface area contributed by atoms with Crippen molar-refractivity contribution in [1.82, 2.24) is 0 Å². The van der Waals surface area contributed by atoms with Crippen LogP contribution in [-0.4, -0.2) is 36.4 Å². The van der Waals surface area contributed by atoms with Crippen LogP contribution in [0.3, 0.4) is 0 Å². The molecule has 0 saturated heterocycles. The van der Waals surface area contributed by atoms with E-state index in [2.05, 4.69) is 6.07 Å². The molecule has 0 aromatic heterocycles. The van der Waals surface area contributed by atoms with Gasteiger partial charge in [-0.15, -0.1) is 4.59 Å². The molecule has 0 aliphatic carbocycles. The summed E-state index contributed by atoms with van der Waals surface area (Å²) < 4.78 is -0.142. The van der Waals surface area contributed by atoms with Gasteiger partial charge in [0.2, 0.25) is 0 Å². The smallest absolute Gasteiger partial charge is 0.434 e. The maximum absolute atomic E-state index is 11.1. The van der Waals surface area contributed by atoms with Crippen molar-refractivity contribution >= 4 is 11.8 Å². The van der Waals surface area contributed by atoms with Gasteiger partial charge >= 0.3 is 6.09 Å². The Morgan fingerprint density at radius 3 is 2.73 bits per heavy atom. The summed E-state index contributed by atoms with van der Waals surface area (Å²) in [5.74, 6) is 0. The van der Waals surface area contributed by atoms with Gasteiger partial charge in [-0.05, 0) is 18.1 Å². The monoisotopic (exact) mass is 207 g/mol. The molecule has 1 N–H and O–H groups in total. The molecule has 4 nitrogen and oxygen atoms in total. The predicted octanol–water partition coefficient (Wildman–Crippen LogP) is 1.72. The standard InChI is InChI=1S/C11H14N2O2/c1-13(2,11(14)15)12-8-7-9-5-3-4-6-10(9)12/h3-6H,7-8H2,1-2H3/p+1. The molecule has 4 heteroatoms. The molecule has 0 unspecified atom stereocenters. The Kier molecular flexibility index (Phi) is 2.16. The number of rotatable bonds is 1. The number of amides is 1. The molecule has 1 aromatic rings. The van der Waals surface area contributed by atoms with Crippen LogP contribution in [0.2, 0.25) is 0 Å². The molecule has 2 rings (SSSR count). The van der Waals surface area contributed by atoms with Gasteiger partial charge in [0.05, 0.1) is 12.2 Å². The minimum atomic E-state index is -0.841. The van der Waals surface area contributed by atoms with E-state index in [1.54, 1.807) is 14.1 Å². The summed E-state index contributed by atoms with van der Waals surface area (Å²) in [6.45, 7) is 0.763. The van der Waals surface area contributed by atoms with E-state index in [1.165, 1.54) is 5.56 Å². The number of fused-ring (bicyclic) bond motifs is 1. The summed E-state index contributed by atoms with van der Waals surface area (Å²) in [7, 11) is 3.37. The number of carboxylic acid groups (broad SMARTS) is 1. The number of hydrogen-bond donors (Lipinski definition) is 1. The summed E-state index contributed by atoms with van der Waals surface area (Å²) in [4.78, 5) is 11.1. The number of nitrogens with zero attached hydrogens (tertiary/aromatic N) is 2. The summed E-state index contributed by atoms with van der Waals surface area (Å²) in [6, 6.07) is 7.96. The Hall–Kier alpha value is -1.55. The van der Waals surface area contributed by atoms with Crippen molar-refractivity contribution in [3.63, 3.8) is 0 Å². The summed E-state index contributed by atoms with van der Waals surface area (Å²) in [5.41, 5.74) is 2.26. The minimum absolute atomic E-state index is 0.142. The van der Waals surface area contributed by atoms with Crippen LogP contribution in [0.5, 0.6) is 0 Å². The van der Waals surface area contributed by atoms with Crippen molar-refractivity contribution in [2.45, 2.75) is 6.42 Å². The minimum Gasteiger partial charge on any atom is -0.434 e. The zero-order valence-electron chi connectivity index (χ0n) is 8.97. The number of quaternary nitrogens is 1. The van der Waals surface area contributed by atoms with Crippen molar-refractivity contribution in [2.75, 3.05) is 25.6 Å². The summed E-state index contributed by atoms with van der Waals surface area (Å²) in [6.07, 6.45) is 0.0807. The zero-order chi connectivity index (χ0) is 11.1. The first-order valence-electron chi connectivity index (χ1n) is 4.97. The van der Waals surface area contributed by atoms with Crippen molar-refractivity contribution in [1.29, 1.82) is 0 Å². The lowest BCUT2D eigenvalue weighted by molar-refractivity contribution is -0.825. The molecular weight excluding hydrogens is 192 g/mol. The molecule has 15 heavy (non-hydrogen) atoms. The van der Waals surface area contributed by atoms with Gasteiger partial charge in [-0.2, -0.15) is 4.79 Å². The van der Waals surface area contributed by atoms with Gasteiger partial charge in [-0.1, -0.05) is 18.2 Å². The largest absolute Gasteiger partial charge is 0.538 e. The highest BCUT2D eigenvalue weighted by Gasteiger charge is 2.38. The SMILES string of the molecule is C[N+](C)(C(=O)O)N1CCc2ccccc21. The topological polar surface area (TPSA) is 40.5 Å². The fraction of sp³-hybridized carbons (Fsp3) is 0.364. The van der Waals surface area contributed by atoms with E-state index in [1.807, 2.05) is 23.2 Å². The second kappa shape index (κ2) is 3.24. The molecule has 1 amide bonds. The van der Waals surface area contributed by atoms with Gasteiger partial charge in [-0.3, -0.25) is 0 Å². The number of benzene rings is 1. The van der Waals surface area contributed by atoms with Crippen molar-refractivity contribution in [2.24, 2.45) is 0 Å². The van der Waals surface area contributed by atoms with Gasteiger partial charge in [0.25, 0.3) is 0 Å². The molecule has 1 heterocycles. The highest BCUT2D eigenvalue weighted by Crippen LogP contribution is 2.30. The van der Waals surface area contributed by atoms with Gasteiger partial charge in [-0.25, -0.2) is 5.01 Å². The van der Waals surface area contributed by atoms with Gasteiger partial charge in [0.15, 0.2) is 0 Å². The van der Waals surface area contributed by atoms with E-state index in [-0.39, 0.29) is 4.59 Å². The molecule has 0 spiro atoms.